The van der Waals surface area contributed by atoms with Gasteiger partial charge in [0.15, 0.2) is 0 Å². The minimum Gasteiger partial charge on any atom is -0.505 e. The number of aryl methyl sites for hydroxylation is 1. The van der Waals surface area contributed by atoms with Gasteiger partial charge in [0, 0.05) is 0 Å². The molecule has 1 aliphatic heterocycles. The maximum atomic E-state index is 11.8. The highest BCUT2D eigenvalue weighted by Gasteiger charge is 2.22. The van der Waals surface area contributed by atoms with Crippen molar-refractivity contribution in [2.75, 3.05) is 11.9 Å². The number of aromatic hydroxyl groups is 1. The Balaban J connectivity index is 2.08. The summed E-state index contributed by atoms with van der Waals surface area (Å²) >= 11 is 0. The average Bonchev–Trinajstić information content (AvgIpc) is 2.78. The van der Waals surface area contributed by atoms with Crippen molar-refractivity contribution < 1.29 is 9.90 Å². The molecule has 0 spiro atoms. The summed E-state index contributed by atoms with van der Waals surface area (Å²) in [6.07, 6.45) is 1.89. The molecule has 1 fully saturated rings. The molecule has 0 radical (unpaired) electrons. The fourth-order valence-electron chi connectivity index (χ4n) is 1.89. The largest absolute Gasteiger partial charge is 0.505 e. The zero-order valence-corrected chi connectivity index (χ0v) is 9.29. The summed E-state index contributed by atoms with van der Waals surface area (Å²) in [6.45, 7) is 2.69. The summed E-state index contributed by atoms with van der Waals surface area (Å²) in [4.78, 5) is 11.8. The minimum absolute atomic E-state index is 0.0709. The Morgan fingerprint density at radius 2 is 2.38 bits per heavy atom. The van der Waals surface area contributed by atoms with Crippen LogP contribution in [0.2, 0.25) is 0 Å². The Hall–Kier alpha value is -1.55. The molecule has 1 amide bonds. The van der Waals surface area contributed by atoms with Gasteiger partial charge >= 0.3 is 0 Å². The lowest BCUT2D eigenvalue weighted by atomic mass is 10.1. The third-order valence-electron chi connectivity index (χ3n) is 2.87. The molecule has 4 heteroatoms. The van der Waals surface area contributed by atoms with Gasteiger partial charge in [-0.3, -0.25) is 4.79 Å². The molecule has 1 heterocycles. The van der Waals surface area contributed by atoms with Gasteiger partial charge in [-0.05, 0) is 37.9 Å². The zero-order valence-electron chi connectivity index (χ0n) is 9.29. The highest BCUT2D eigenvalue weighted by molar-refractivity contribution is 5.96. The van der Waals surface area contributed by atoms with Gasteiger partial charge in [-0.15, -0.1) is 0 Å². The van der Waals surface area contributed by atoms with Crippen LogP contribution in [0.1, 0.15) is 18.4 Å². The third-order valence-corrected chi connectivity index (χ3v) is 2.87. The number of carbonyl (C=O) groups is 1. The van der Waals surface area contributed by atoms with Crippen molar-refractivity contribution in [3.05, 3.63) is 23.8 Å². The molecule has 86 valence electrons. The van der Waals surface area contributed by atoms with Gasteiger partial charge in [0.2, 0.25) is 5.91 Å². The second-order valence-electron chi connectivity index (χ2n) is 4.11. The van der Waals surface area contributed by atoms with E-state index in [1.165, 1.54) is 0 Å². The number of anilines is 1. The van der Waals surface area contributed by atoms with Crippen LogP contribution in [-0.2, 0) is 4.79 Å². The smallest absolute Gasteiger partial charge is 0.241 e. The quantitative estimate of drug-likeness (QED) is 0.660. The number of rotatable bonds is 2. The van der Waals surface area contributed by atoms with Gasteiger partial charge in [0.1, 0.15) is 5.75 Å². The average molecular weight is 220 g/mol. The number of carbonyl (C=O) groups excluding carboxylic acids is 1. The molecule has 4 nitrogen and oxygen atoms in total. The van der Waals surface area contributed by atoms with Crippen molar-refractivity contribution in [3.63, 3.8) is 0 Å². The van der Waals surface area contributed by atoms with E-state index in [2.05, 4.69) is 10.6 Å². The van der Waals surface area contributed by atoms with Crippen LogP contribution < -0.4 is 10.6 Å². The lowest BCUT2D eigenvalue weighted by Crippen LogP contribution is -2.35. The second kappa shape index (κ2) is 4.53. The number of phenolic OH excluding ortho intramolecular Hbond substituents is 1. The van der Waals surface area contributed by atoms with E-state index in [1.807, 2.05) is 6.07 Å². The molecule has 1 aliphatic rings. The Labute approximate surface area is 94.7 Å². The maximum absolute atomic E-state index is 11.8. The van der Waals surface area contributed by atoms with E-state index in [0.717, 1.165) is 24.9 Å². The molecule has 1 aromatic carbocycles. The Morgan fingerprint density at radius 1 is 1.56 bits per heavy atom. The third kappa shape index (κ3) is 2.17. The minimum atomic E-state index is -0.125. The van der Waals surface area contributed by atoms with Gasteiger partial charge in [0.05, 0.1) is 11.7 Å². The van der Waals surface area contributed by atoms with E-state index in [0.29, 0.717) is 5.69 Å². The molecule has 1 saturated heterocycles. The predicted molar refractivity (Wildman–Crippen MR) is 62.5 cm³/mol. The Morgan fingerprint density at radius 3 is 3.06 bits per heavy atom. The second-order valence-corrected chi connectivity index (χ2v) is 4.11. The van der Waals surface area contributed by atoms with Crippen molar-refractivity contribution in [2.24, 2.45) is 0 Å². The number of nitrogens with one attached hydrogen (secondary N) is 2. The standard InChI is InChI=1S/C12H16N2O2/c1-8-4-2-5-9(11(8)15)14-12(16)10-6-3-7-13-10/h2,4-5,10,13,15H,3,6-7H2,1H3,(H,14,16)/t10-/m1/s1. The van der Waals surface area contributed by atoms with Crippen molar-refractivity contribution >= 4 is 11.6 Å². The van der Waals surface area contributed by atoms with Gasteiger partial charge in [-0.1, -0.05) is 12.1 Å². The summed E-state index contributed by atoms with van der Waals surface area (Å²) in [5.74, 6) is 0.0762. The summed E-state index contributed by atoms with van der Waals surface area (Å²) < 4.78 is 0. The molecule has 1 aromatic rings. The van der Waals surface area contributed by atoms with E-state index in [4.69, 9.17) is 0 Å². The molecule has 2 rings (SSSR count). The van der Waals surface area contributed by atoms with Crippen molar-refractivity contribution in [3.8, 4) is 5.75 Å². The monoisotopic (exact) mass is 220 g/mol. The van der Waals surface area contributed by atoms with Crippen LogP contribution in [-0.4, -0.2) is 23.6 Å². The Bertz CT molecular complexity index is 398. The predicted octanol–water partition coefficient (Wildman–Crippen LogP) is 1.39. The van der Waals surface area contributed by atoms with Gasteiger partial charge in [0.25, 0.3) is 0 Å². The van der Waals surface area contributed by atoms with Crippen LogP contribution in [0.15, 0.2) is 18.2 Å². The van der Waals surface area contributed by atoms with Gasteiger partial charge in [-0.25, -0.2) is 0 Å². The molecule has 0 saturated carbocycles. The molecule has 3 N–H and O–H groups in total. The summed E-state index contributed by atoms with van der Waals surface area (Å²) in [7, 11) is 0. The molecular weight excluding hydrogens is 204 g/mol. The number of hydrogen-bond donors (Lipinski definition) is 3. The number of hydrogen-bond acceptors (Lipinski definition) is 3. The van der Waals surface area contributed by atoms with Crippen LogP contribution in [0, 0.1) is 6.92 Å². The highest BCUT2D eigenvalue weighted by atomic mass is 16.3. The van der Waals surface area contributed by atoms with E-state index >= 15 is 0 Å². The molecule has 0 aliphatic carbocycles. The number of phenols is 1. The van der Waals surface area contributed by atoms with Crippen molar-refractivity contribution in [1.29, 1.82) is 0 Å². The van der Waals surface area contributed by atoms with Crippen LogP contribution >= 0.6 is 0 Å². The van der Waals surface area contributed by atoms with Gasteiger partial charge in [-0.2, -0.15) is 0 Å². The molecule has 0 unspecified atom stereocenters. The van der Waals surface area contributed by atoms with E-state index in [1.54, 1.807) is 19.1 Å². The van der Waals surface area contributed by atoms with Crippen LogP contribution in [0.25, 0.3) is 0 Å². The summed E-state index contributed by atoms with van der Waals surface area (Å²) in [6, 6.07) is 5.20. The molecule has 16 heavy (non-hydrogen) atoms. The summed E-state index contributed by atoms with van der Waals surface area (Å²) in [5, 5.41) is 15.6. The number of para-hydroxylation sites is 1. The molecule has 0 bridgehead atoms. The van der Waals surface area contributed by atoms with E-state index in [-0.39, 0.29) is 17.7 Å². The van der Waals surface area contributed by atoms with E-state index < -0.39 is 0 Å². The maximum Gasteiger partial charge on any atom is 0.241 e. The fourth-order valence-corrected chi connectivity index (χ4v) is 1.89. The van der Waals surface area contributed by atoms with E-state index in [9.17, 15) is 9.90 Å². The number of amides is 1. The van der Waals surface area contributed by atoms with Crippen molar-refractivity contribution in [2.45, 2.75) is 25.8 Å². The number of benzene rings is 1. The highest BCUT2D eigenvalue weighted by Crippen LogP contribution is 2.26. The topological polar surface area (TPSA) is 61.4 Å². The lowest BCUT2D eigenvalue weighted by molar-refractivity contribution is -0.117. The SMILES string of the molecule is Cc1cccc(NC(=O)[C@H]2CCCN2)c1O. The normalized spacial score (nSPS) is 19.7. The summed E-state index contributed by atoms with van der Waals surface area (Å²) in [5.41, 5.74) is 1.25. The lowest BCUT2D eigenvalue weighted by Gasteiger charge is -2.12. The van der Waals surface area contributed by atoms with Crippen molar-refractivity contribution in [1.82, 2.24) is 5.32 Å². The molecule has 1 atom stereocenters. The molecule has 0 aromatic heterocycles. The first-order valence-electron chi connectivity index (χ1n) is 5.51. The zero-order chi connectivity index (χ0) is 11.5. The first kappa shape index (κ1) is 11.0. The fraction of sp³-hybridized carbons (Fsp3) is 0.417. The Kier molecular flexibility index (Phi) is 3.10. The first-order chi connectivity index (χ1) is 7.68. The first-order valence-corrected chi connectivity index (χ1v) is 5.51. The molecular formula is C12H16N2O2. The van der Waals surface area contributed by atoms with Crippen LogP contribution in [0.4, 0.5) is 5.69 Å². The van der Waals surface area contributed by atoms with Crippen LogP contribution in [0.5, 0.6) is 5.75 Å². The van der Waals surface area contributed by atoms with Gasteiger partial charge < -0.3 is 15.7 Å². The van der Waals surface area contributed by atoms with Crippen LogP contribution in [0.3, 0.4) is 0 Å².